The number of nitrogens with one attached hydrogen (secondary N) is 1. The highest BCUT2D eigenvalue weighted by Crippen LogP contribution is 2.40. The number of hydrogen-bond acceptors (Lipinski definition) is 20. The second kappa shape index (κ2) is 27.6. The minimum Gasteiger partial charge on any atom is -0.493 e. The molecule has 0 radical (unpaired) electrons. The van der Waals surface area contributed by atoms with Crippen LogP contribution < -0.4 is 45.4 Å². The van der Waals surface area contributed by atoms with Gasteiger partial charge in [-0.3, -0.25) is 4.90 Å². The summed E-state index contributed by atoms with van der Waals surface area (Å²) in [6.07, 6.45) is 0.420. The predicted molar refractivity (Wildman–Crippen MR) is 266 cm³/mol. The van der Waals surface area contributed by atoms with Crippen LogP contribution in [0.25, 0.3) is 0 Å². The summed E-state index contributed by atoms with van der Waals surface area (Å²) in [5.41, 5.74) is 0.753. The number of likely N-dealkylation sites (N-methyl/N-ethyl adjacent to an activating group) is 2. The highest BCUT2D eigenvalue weighted by atomic mass is 16.6. The topological polar surface area (TPSA) is 256 Å². The average Bonchev–Trinajstić information content (AvgIpc) is 3.95. The van der Waals surface area contributed by atoms with Crippen LogP contribution in [-0.2, 0) is 38.5 Å². The number of esters is 2. The number of carbonyl (C=O) groups is 3. The molecule has 0 aliphatic rings. The number of methoxy groups -OCH3 is 6. The van der Waals surface area contributed by atoms with E-state index in [1.54, 1.807) is 26.1 Å². The molecule has 6 aromatic rings. The van der Waals surface area contributed by atoms with E-state index in [1.807, 2.05) is 74.6 Å². The van der Waals surface area contributed by atoms with Crippen LogP contribution in [-0.4, -0.2) is 98.0 Å². The van der Waals surface area contributed by atoms with E-state index in [2.05, 4.69) is 21.1 Å². The zero-order valence-corrected chi connectivity index (χ0v) is 43.6. The maximum absolute atomic E-state index is 13.2. The summed E-state index contributed by atoms with van der Waals surface area (Å²) in [5, 5.41) is 11.7. The number of aliphatic hydroxyl groups is 1. The molecule has 21 heteroatoms. The molecule has 400 valence electrons. The van der Waals surface area contributed by atoms with Gasteiger partial charge in [-0.1, -0.05) is 74.5 Å². The van der Waals surface area contributed by atoms with E-state index in [9.17, 15) is 24.0 Å². The molecule has 21 nitrogen and oxygen atoms in total. The third kappa shape index (κ3) is 14.1. The zero-order chi connectivity index (χ0) is 54.6. The molecule has 0 saturated heterocycles. The number of aliphatic hydroxyl groups excluding tert-OH is 1. The number of amides is 1. The summed E-state index contributed by atoms with van der Waals surface area (Å²) >= 11 is 0. The summed E-state index contributed by atoms with van der Waals surface area (Å²) in [4.78, 5) is 61.9. The Kier molecular flexibility index (Phi) is 21.8. The van der Waals surface area contributed by atoms with Gasteiger partial charge in [-0.25, -0.2) is 24.0 Å². The lowest BCUT2D eigenvalue weighted by Gasteiger charge is -2.40. The molecule has 0 aliphatic heterocycles. The minimum absolute atomic E-state index is 0.104. The zero-order valence-electron chi connectivity index (χ0n) is 43.6. The molecular formula is C53H64N2O19. The maximum Gasteiger partial charge on any atom is 0.519 e. The number of ether oxygens (including phenoxy) is 9. The Labute approximate surface area is 427 Å². The van der Waals surface area contributed by atoms with Gasteiger partial charge in [0, 0.05) is 7.05 Å². The molecule has 0 bridgehead atoms. The van der Waals surface area contributed by atoms with Crippen molar-refractivity contribution in [1.82, 2.24) is 10.2 Å². The molecule has 74 heavy (non-hydrogen) atoms. The van der Waals surface area contributed by atoms with Crippen LogP contribution in [0.2, 0.25) is 0 Å². The van der Waals surface area contributed by atoms with Crippen molar-refractivity contribution in [2.45, 2.75) is 64.8 Å². The van der Waals surface area contributed by atoms with Gasteiger partial charge in [0.25, 0.3) is 0 Å². The van der Waals surface area contributed by atoms with Gasteiger partial charge in [-0.15, -0.1) is 0 Å². The highest BCUT2D eigenvalue weighted by molar-refractivity contribution is 5.92. The average molecular weight is 1030 g/mol. The van der Waals surface area contributed by atoms with Gasteiger partial charge >= 0.3 is 29.7 Å². The summed E-state index contributed by atoms with van der Waals surface area (Å²) in [5.74, 6) is 0.256. The summed E-state index contributed by atoms with van der Waals surface area (Å²) < 4.78 is 67.2. The van der Waals surface area contributed by atoms with E-state index in [0.717, 1.165) is 17.5 Å². The minimum atomic E-state index is -1.08. The molecule has 2 heterocycles. The van der Waals surface area contributed by atoms with Crippen LogP contribution in [0.1, 0.15) is 81.6 Å². The Bertz CT molecular complexity index is 2810. The molecule has 2 N–H and O–H groups in total. The number of nitrogens with zero attached hydrogens (tertiary/aromatic N) is 1. The third-order valence-corrected chi connectivity index (χ3v) is 12.1. The van der Waals surface area contributed by atoms with Crippen LogP contribution in [0.5, 0.6) is 34.5 Å². The largest absolute Gasteiger partial charge is 0.519 e. The van der Waals surface area contributed by atoms with E-state index in [4.69, 9.17) is 56.6 Å². The lowest BCUT2D eigenvalue weighted by molar-refractivity contribution is -0.00167. The number of benzene rings is 4. The molecule has 0 saturated carbocycles. The maximum atomic E-state index is 13.2. The lowest BCUT2D eigenvalue weighted by Crippen LogP contribution is -2.50. The summed E-state index contributed by atoms with van der Waals surface area (Å²) in [6.45, 7) is 6.41. The predicted octanol–water partition coefficient (Wildman–Crippen LogP) is 7.73. The normalized spacial score (nSPS) is 12.2. The van der Waals surface area contributed by atoms with Gasteiger partial charge in [0.15, 0.2) is 46.9 Å². The molecule has 0 spiro atoms. The first-order valence-corrected chi connectivity index (χ1v) is 22.9. The summed E-state index contributed by atoms with van der Waals surface area (Å²) in [7, 11) is 12.3. The van der Waals surface area contributed by atoms with E-state index in [0.29, 0.717) is 52.2 Å². The molecule has 6 rings (SSSR count). The lowest BCUT2D eigenvalue weighted by atomic mass is 9.86. The van der Waals surface area contributed by atoms with Gasteiger partial charge in [0.1, 0.15) is 31.1 Å². The van der Waals surface area contributed by atoms with Crippen LogP contribution in [0, 0.1) is 13.8 Å². The molecule has 0 aliphatic carbocycles. The fourth-order valence-corrected chi connectivity index (χ4v) is 7.57. The van der Waals surface area contributed by atoms with Gasteiger partial charge in [0.2, 0.25) is 11.5 Å². The van der Waals surface area contributed by atoms with Gasteiger partial charge in [0.05, 0.1) is 59.3 Å². The Hall–Kier alpha value is -8.17. The van der Waals surface area contributed by atoms with E-state index >= 15 is 0 Å². The van der Waals surface area contributed by atoms with Crippen molar-refractivity contribution in [3.63, 3.8) is 0 Å². The van der Waals surface area contributed by atoms with Gasteiger partial charge in [-0.2, -0.15) is 0 Å². The molecule has 0 fully saturated rings. The molecule has 2 aromatic heterocycles. The summed E-state index contributed by atoms with van der Waals surface area (Å²) in [6, 6.07) is 25.2. The second-order valence-electron chi connectivity index (χ2n) is 15.9. The number of rotatable bonds is 21. The highest BCUT2D eigenvalue weighted by Gasteiger charge is 2.41. The fourth-order valence-electron chi connectivity index (χ4n) is 7.57. The van der Waals surface area contributed by atoms with Crippen molar-refractivity contribution in [3.05, 3.63) is 151 Å². The monoisotopic (exact) mass is 1030 g/mol. The van der Waals surface area contributed by atoms with Crippen molar-refractivity contribution in [2.75, 3.05) is 70.0 Å². The first-order valence-electron chi connectivity index (χ1n) is 22.9. The smallest absolute Gasteiger partial charge is 0.493 e. The van der Waals surface area contributed by atoms with E-state index in [-0.39, 0.29) is 49.3 Å². The number of aryl methyl sites for hydroxylation is 2. The molecule has 0 unspecified atom stereocenters. The van der Waals surface area contributed by atoms with Crippen LogP contribution >= 0.6 is 0 Å². The first kappa shape index (κ1) is 58.4. The number of hydrogen-bond donors (Lipinski definition) is 2. The van der Waals surface area contributed by atoms with Crippen molar-refractivity contribution >= 4 is 18.0 Å². The standard InChI is InChI=1S/C27H31NO10.C21H27NO5.C5H6O4/c1-7-27(19-11-9-8-10-12-19,28(3)25(30)35-15-22-17(2)37-26(31)38-22)16-36-24(29)18-13-20(32-4)23(34-6)21(14-18)33-5;1-6-21(22-2,16-10-8-7-9-11-16)14-27-20(23)15-12-17(24-3)19(26-5)18(13-15)25-4;1-3-4(2-6)9-5(7)8-3/h8-14H,7,15-16H2,1-6H3;7-13,22H,6,14H2,1-5H3;6H,2H2,1H3/t27-;21-;/m11./s1. The fraction of sp³-hybridized carbons (Fsp3) is 0.377. The quantitative estimate of drug-likeness (QED) is 0.0516. The van der Waals surface area contributed by atoms with Crippen molar-refractivity contribution < 1.29 is 79.8 Å². The second-order valence-corrected chi connectivity index (χ2v) is 15.9. The number of carbonyl (C=O) groups excluding carboxylic acids is 3. The van der Waals surface area contributed by atoms with Crippen LogP contribution in [0.4, 0.5) is 4.79 Å². The van der Waals surface area contributed by atoms with Gasteiger partial charge < -0.3 is 70.7 Å². The SMILES string of the molecule is CC[C@@](COC(=O)c1cc(OC)c(OC)c(OC)c1)(c1ccccc1)N(C)C(=O)OCc1oc(=O)oc1C.CC[C@](COC(=O)c1cc(OC)c(OC)c(OC)c1)(NC)c1ccccc1.Cc1oc(=O)oc1CO. The van der Waals surface area contributed by atoms with E-state index in [1.165, 1.54) is 66.6 Å². The van der Waals surface area contributed by atoms with Crippen molar-refractivity contribution in [3.8, 4) is 34.5 Å². The molecule has 1 amide bonds. The molecular weight excluding hydrogens is 969 g/mol. The molecule has 4 aromatic carbocycles. The Morgan fingerprint density at radius 3 is 1.34 bits per heavy atom. The molecule has 2 atom stereocenters. The van der Waals surface area contributed by atoms with Crippen molar-refractivity contribution in [1.29, 1.82) is 0 Å². The first-order chi connectivity index (χ1) is 35.5. The van der Waals surface area contributed by atoms with Gasteiger partial charge in [-0.05, 0) is 69.1 Å². The Balaban J connectivity index is 0.000000284. The van der Waals surface area contributed by atoms with Crippen LogP contribution in [0.3, 0.4) is 0 Å². The third-order valence-electron chi connectivity index (χ3n) is 12.1. The van der Waals surface area contributed by atoms with Crippen LogP contribution in [0.15, 0.2) is 112 Å². The Morgan fingerprint density at radius 2 is 1.00 bits per heavy atom. The van der Waals surface area contributed by atoms with Crippen molar-refractivity contribution in [2.24, 2.45) is 0 Å². The van der Waals surface area contributed by atoms with E-state index < -0.39 is 40.8 Å². The Morgan fingerprint density at radius 1 is 0.581 bits per heavy atom.